The van der Waals surface area contributed by atoms with E-state index in [9.17, 15) is 10.2 Å². The Morgan fingerprint density at radius 3 is 2.59 bits per heavy atom. The molecule has 29 heavy (non-hydrogen) atoms. The fourth-order valence-electron chi connectivity index (χ4n) is 8.71. The van der Waals surface area contributed by atoms with Crippen LogP contribution >= 0.6 is 0 Å². The minimum absolute atomic E-state index is 0.114. The highest BCUT2D eigenvalue weighted by atomic mass is 16.3. The maximum atomic E-state index is 11.6. The number of rotatable bonds is 5. The maximum Gasteiger partial charge on any atom is 0.0653 e. The average molecular weight is 403 g/mol. The van der Waals surface area contributed by atoms with Crippen molar-refractivity contribution in [1.29, 1.82) is 0 Å². The van der Waals surface area contributed by atoms with E-state index in [4.69, 9.17) is 0 Å². The van der Waals surface area contributed by atoms with Crippen LogP contribution in [0.5, 0.6) is 0 Å². The van der Waals surface area contributed by atoms with Gasteiger partial charge in [-0.15, -0.1) is 0 Å². The third-order valence-electron chi connectivity index (χ3n) is 10.3. The van der Waals surface area contributed by atoms with Gasteiger partial charge in [0, 0.05) is 0 Å². The lowest BCUT2D eigenvalue weighted by Gasteiger charge is -2.59. The topological polar surface area (TPSA) is 40.5 Å². The van der Waals surface area contributed by atoms with E-state index < -0.39 is 5.60 Å². The van der Waals surface area contributed by atoms with E-state index in [1.54, 1.807) is 5.57 Å². The summed E-state index contributed by atoms with van der Waals surface area (Å²) in [4.78, 5) is 0. The van der Waals surface area contributed by atoms with E-state index in [0.717, 1.165) is 49.4 Å². The summed E-state index contributed by atoms with van der Waals surface area (Å²) in [5, 5.41) is 21.8. The lowest BCUT2D eigenvalue weighted by atomic mass is 9.46. The highest BCUT2D eigenvalue weighted by Crippen LogP contribution is 2.67. The van der Waals surface area contributed by atoms with Gasteiger partial charge in [0.15, 0.2) is 0 Å². The molecule has 4 rings (SSSR count). The van der Waals surface area contributed by atoms with Gasteiger partial charge in [-0.3, -0.25) is 0 Å². The summed E-state index contributed by atoms with van der Waals surface area (Å²) in [5.41, 5.74) is 1.68. The van der Waals surface area contributed by atoms with Crippen molar-refractivity contribution >= 4 is 0 Å². The zero-order chi connectivity index (χ0) is 21.0. The molecule has 0 radical (unpaired) electrons. The van der Waals surface area contributed by atoms with E-state index in [0.29, 0.717) is 16.7 Å². The molecule has 2 heteroatoms. The summed E-state index contributed by atoms with van der Waals surface area (Å²) in [6.07, 6.45) is 15.2. The van der Waals surface area contributed by atoms with E-state index >= 15 is 0 Å². The molecule has 1 unspecified atom stereocenters. The van der Waals surface area contributed by atoms with Crippen LogP contribution < -0.4 is 0 Å². The Morgan fingerprint density at radius 2 is 1.86 bits per heavy atom. The van der Waals surface area contributed by atoms with Crippen LogP contribution in [0.25, 0.3) is 0 Å². The van der Waals surface area contributed by atoms with Gasteiger partial charge in [0.1, 0.15) is 0 Å². The number of allylic oxidation sites excluding steroid dienone is 1. The first-order valence-corrected chi connectivity index (χ1v) is 12.7. The van der Waals surface area contributed by atoms with E-state index in [-0.39, 0.29) is 6.10 Å². The number of fused-ring (bicyclic) bond motifs is 5. The molecule has 166 valence electrons. The molecule has 4 aliphatic carbocycles. The van der Waals surface area contributed by atoms with Gasteiger partial charge in [0.2, 0.25) is 0 Å². The Morgan fingerprint density at radius 1 is 1.10 bits per heavy atom. The van der Waals surface area contributed by atoms with Gasteiger partial charge in [-0.2, -0.15) is 0 Å². The number of aliphatic hydroxyl groups is 2. The van der Waals surface area contributed by atoms with E-state index in [1.807, 2.05) is 0 Å². The molecule has 0 aromatic heterocycles. The Balaban J connectivity index is 1.53. The first-order valence-electron chi connectivity index (χ1n) is 12.7. The molecule has 0 aromatic carbocycles. The van der Waals surface area contributed by atoms with Crippen molar-refractivity contribution in [2.75, 3.05) is 0 Å². The molecule has 0 aromatic rings. The third-order valence-corrected chi connectivity index (χ3v) is 10.3. The van der Waals surface area contributed by atoms with Crippen LogP contribution in [0.1, 0.15) is 105 Å². The van der Waals surface area contributed by atoms with Gasteiger partial charge in [-0.1, -0.05) is 52.2 Å². The first kappa shape index (κ1) is 21.9. The van der Waals surface area contributed by atoms with E-state index in [2.05, 4.69) is 40.7 Å². The van der Waals surface area contributed by atoms with Crippen LogP contribution in [0.15, 0.2) is 11.6 Å². The summed E-state index contributed by atoms with van der Waals surface area (Å²) < 4.78 is 0. The minimum Gasteiger partial charge on any atom is -0.393 e. The Labute approximate surface area is 179 Å². The Bertz CT molecular complexity index is 634. The fourth-order valence-corrected chi connectivity index (χ4v) is 8.71. The lowest BCUT2D eigenvalue weighted by molar-refractivity contribution is -0.105. The van der Waals surface area contributed by atoms with Crippen LogP contribution in [0.2, 0.25) is 0 Å². The molecule has 0 amide bonds. The molecule has 3 saturated carbocycles. The second-order valence-electron chi connectivity index (χ2n) is 12.5. The summed E-state index contributed by atoms with van der Waals surface area (Å²) in [7, 11) is 0. The second-order valence-corrected chi connectivity index (χ2v) is 12.5. The van der Waals surface area contributed by atoms with Crippen LogP contribution in [0.3, 0.4) is 0 Å². The highest BCUT2D eigenvalue weighted by Gasteiger charge is 2.61. The van der Waals surface area contributed by atoms with Crippen LogP contribution in [-0.2, 0) is 0 Å². The van der Waals surface area contributed by atoms with Crippen LogP contribution in [-0.4, -0.2) is 21.9 Å². The van der Waals surface area contributed by atoms with Gasteiger partial charge in [-0.25, -0.2) is 0 Å². The van der Waals surface area contributed by atoms with E-state index in [1.165, 1.54) is 44.9 Å². The predicted octanol–water partition coefficient (Wildman–Crippen LogP) is 6.50. The smallest absolute Gasteiger partial charge is 0.0653 e. The molecule has 0 spiro atoms. The molecular formula is C27H46O2. The second kappa shape index (κ2) is 7.66. The van der Waals surface area contributed by atoms with Gasteiger partial charge < -0.3 is 10.2 Å². The average Bonchev–Trinajstić information content (AvgIpc) is 3.00. The fraction of sp³-hybridized carbons (Fsp3) is 0.926. The molecule has 2 nitrogen and oxygen atoms in total. The van der Waals surface area contributed by atoms with Crippen molar-refractivity contribution in [3.8, 4) is 0 Å². The van der Waals surface area contributed by atoms with Crippen molar-refractivity contribution in [2.24, 2.45) is 40.4 Å². The number of hydrogen-bond acceptors (Lipinski definition) is 2. The van der Waals surface area contributed by atoms with Crippen molar-refractivity contribution in [3.63, 3.8) is 0 Å². The summed E-state index contributed by atoms with van der Waals surface area (Å²) in [6, 6.07) is 0. The maximum absolute atomic E-state index is 11.6. The van der Waals surface area contributed by atoms with Crippen molar-refractivity contribution < 1.29 is 10.2 Å². The highest BCUT2D eigenvalue weighted by molar-refractivity contribution is 5.25. The largest absolute Gasteiger partial charge is 0.393 e. The number of aliphatic hydroxyl groups excluding tert-OH is 1. The number of hydrogen-bond donors (Lipinski definition) is 2. The van der Waals surface area contributed by atoms with Crippen molar-refractivity contribution in [1.82, 2.24) is 0 Å². The molecule has 3 fully saturated rings. The standard InChI is InChI=1S/C27H46O2/c1-18(2)7-6-14-27(5,29)24-11-10-22-21-9-8-19-17-20(28)12-15-25(19,3)23(21)13-16-26(22,24)4/h8,18,20-24,28-29H,6-7,9-17H2,1-5H3/t20?,21-,22-,23-,24-,25-,26-,27-/m0/s1. The zero-order valence-electron chi connectivity index (χ0n) is 19.7. The Kier molecular flexibility index (Phi) is 5.78. The molecule has 0 heterocycles. The molecular weight excluding hydrogens is 356 g/mol. The minimum atomic E-state index is -0.514. The van der Waals surface area contributed by atoms with Crippen LogP contribution in [0.4, 0.5) is 0 Å². The Hall–Kier alpha value is -0.340. The predicted molar refractivity (Wildman–Crippen MR) is 121 cm³/mol. The monoisotopic (exact) mass is 402 g/mol. The zero-order valence-corrected chi connectivity index (χ0v) is 19.7. The molecule has 0 aliphatic heterocycles. The summed E-state index contributed by atoms with van der Waals surface area (Å²) in [6.45, 7) is 11.8. The quantitative estimate of drug-likeness (QED) is 0.515. The molecule has 8 atom stereocenters. The van der Waals surface area contributed by atoms with Gasteiger partial charge in [-0.05, 0) is 105 Å². The normalized spacial score (nSPS) is 46.5. The molecule has 0 saturated heterocycles. The summed E-state index contributed by atoms with van der Waals surface area (Å²) in [5.74, 6) is 3.53. The van der Waals surface area contributed by atoms with Crippen LogP contribution in [0, 0.1) is 40.4 Å². The van der Waals surface area contributed by atoms with Gasteiger partial charge >= 0.3 is 0 Å². The van der Waals surface area contributed by atoms with Crippen molar-refractivity contribution in [2.45, 2.75) is 117 Å². The first-order chi connectivity index (χ1) is 13.6. The lowest BCUT2D eigenvalue weighted by Crippen LogP contribution is -2.53. The molecule has 0 bridgehead atoms. The SMILES string of the molecule is CC(C)CCC[C@](C)(O)[C@H]1CC[C@H]2[C@@H]3CC=C4CC(O)CC[C@]4(C)[C@H]3CC[C@@]21C. The van der Waals surface area contributed by atoms with Gasteiger partial charge in [0.25, 0.3) is 0 Å². The van der Waals surface area contributed by atoms with Gasteiger partial charge in [0.05, 0.1) is 11.7 Å². The molecule has 4 aliphatic rings. The third kappa shape index (κ3) is 3.65. The van der Waals surface area contributed by atoms with Crippen molar-refractivity contribution in [3.05, 3.63) is 11.6 Å². The summed E-state index contributed by atoms with van der Waals surface area (Å²) >= 11 is 0. The molecule has 2 N–H and O–H groups in total.